The van der Waals surface area contributed by atoms with Crippen molar-refractivity contribution < 1.29 is 14.3 Å². The van der Waals surface area contributed by atoms with Crippen LogP contribution in [-0.4, -0.2) is 47.1 Å². The molecule has 8 heteroatoms. The number of hydrogen-bond donors (Lipinski definition) is 0. The van der Waals surface area contributed by atoms with Crippen LogP contribution in [0, 0.1) is 13.8 Å². The van der Waals surface area contributed by atoms with E-state index in [0.29, 0.717) is 18.3 Å². The van der Waals surface area contributed by atoms with Gasteiger partial charge in [0.1, 0.15) is 16.7 Å². The van der Waals surface area contributed by atoms with Crippen molar-refractivity contribution in [2.75, 3.05) is 20.2 Å². The molecule has 27 heavy (non-hydrogen) atoms. The number of amides is 1. The summed E-state index contributed by atoms with van der Waals surface area (Å²) in [7, 11) is 1.66. The molecule has 0 atom stereocenters. The van der Waals surface area contributed by atoms with Gasteiger partial charge in [0.2, 0.25) is 0 Å². The van der Waals surface area contributed by atoms with Crippen LogP contribution < -0.4 is 9.47 Å². The summed E-state index contributed by atoms with van der Waals surface area (Å²) in [5, 5.41) is 1.61. The van der Waals surface area contributed by atoms with Gasteiger partial charge in [-0.2, -0.15) is 0 Å². The van der Waals surface area contributed by atoms with E-state index in [1.165, 1.54) is 22.7 Å². The summed E-state index contributed by atoms with van der Waals surface area (Å²) in [5.74, 6) is 0.904. The maximum Gasteiger partial charge on any atom is 0.274 e. The Morgan fingerprint density at radius 2 is 1.96 bits per heavy atom. The summed E-state index contributed by atoms with van der Waals surface area (Å²) < 4.78 is 12.4. The molecule has 2 aromatic heterocycles. The molecule has 4 rings (SSSR count). The van der Waals surface area contributed by atoms with Gasteiger partial charge in [-0.1, -0.05) is 11.3 Å². The van der Waals surface area contributed by atoms with Gasteiger partial charge in [0.05, 0.1) is 28.0 Å². The molecule has 0 N–H and O–H groups in total. The van der Waals surface area contributed by atoms with Crippen molar-refractivity contribution in [3.8, 4) is 10.9 Å². The molecule has 0 unspecified atom stereocenters. The molecule has 1 aliphatic heterocycles. The van der Waals surface area contributed by atoms with Gasteiger partial charge in [0.15, 0.2) is 0 Å². The molecule has 3 aromatic rings. The fourth-order valence-corrected chi connectivity index (χ4v) is 5.05. The lowest BCUT2D eigenvalue weighted by molar-refractivity contribution is 0.0599. The number of likely N-dealkylation sites (tertiary alicyclic amines) is 1. The van der Waals surface area contributed by atoms with E-state index >= 15 is 0 Å². The number of methoxy groups -OCH3 is 1. The lowest BCUT2D eigenvalue weighted by atomic mass is 10.1. The van der Waals surface area contributed by atoms with E-state index in [-0.39, 0.29) is 12.0 Å². The summed E-state index contributed by atoms with van der Waals surface area (Å²) in [6.45, 7) is 5.22. The van der Waals surface area contributed by atoms with Crippen LogP contribution in [0.1, 0.15) is 33.2 Å². The lowest BCUT2D eigenvalue weighted by Crippen LogP contribution is -2.41. The molecule has 1 amide bonds. The first-order valence-electron chi connectivity index (χ1n) is 8.88. The Bertz CT molecular complexity index is 974. The minimum atomic E-state index is 0.0841. The van der Waals surface area contributed by atoms with E-state index in [4.69, 9.17) is 9.47 Å². The van der Waals surface area contributed by atoms with Gasteiger partial charge in [-0.25, -0.2) is 9.97 Å². The second-order valence-electron chi connectivity index (χ2n) is 6.57. The molecule has 1 fully saturated rings. The highest BCUT2D eigenvalue weighted by Crippen LogP contribution is 2.32. The normalized spacial score (nSPS) is 15.3. The van der Waals surface area contributed by atoms with Crippen molar-refractivity contribution >= 4 is 38.8 Å². The Morgan fingerprint density at radius 1 is 1.19 bits per heavy atom. The third kappa shape index (κ3) is 3.77. The Kier molecular flexibility index (Phi) is 5.01. The van der Waals surface area contributed by atoms with Crippen molar-refractivity contribution in [3.63, 3.8) is 0 Å². The molecular weight excluding hydrogens is 382 g/mol. The average Bonchev–Trinajstić information content (AvgIpc) is 3.22. The lowest BCUT2D eigenvalue weighted by Gasteiger charge is -2.31. The summed E-state index contributed by atoms with van der Waals surface area (Å²) in [4.78, 5) is 24.3. The van der Waals surface area contributed by atoms with Crippen molar-refractivity contribution in [1.82, 2.24) is 14.9 Å². The van der Waals surface area contributed by atoms with Gasteiger partial charge in [-0.05, 0) is 32.0 Å². The van der Waals surface area contributed by atoms with Crippen LogP contribution in [-0.2, 0) is 0 Å². The monoisotopic (exact) mass is 403 g/mol. The first kappa shape index (κ1) is 18.2. The fraction of sp³-hybridized carbons (Fsp3) is 0.421. The molecule has 0 aliphatic carbocycles. The van der Waals surface area contributed by atoms with Crippen LogP contribution in [0.25, 0.3) is 10.2 Å². The first-order chi connectivity index (χ1) is 13.0. The number of piperidine rings is 1. The van der Waals surface area contributed by atoms with Crippen molar-refractivity contribution in [2.24, 2.45) is 0 Å². The Labute approximate surface area is 165 Å². The van der Waals surface area contributed by atoms with Gasteiger partial charge in [0, 0.05) is 25.9 Å². The average molecular weight is 404 g/mol. The number of rotatable bonds is 4. The minimum absolute atomic E-state index is 0.0841. The number of fused-ring (bicyclic) bond motifs is 1. The Morgan fingerprint density at radius 3 is 2.63 bits per heavy atom. The molecule has 0 radical (unpaired) electrons. The summed E-state index contributed by atoms with van der Waals surface area (Å²) >= 11 is 3.00. The van der Waals surface area contributed by atoms with E-state index in [1.807, 2.05) is 36.9 Å². The molecule has 0 saturated carbocycles. The van der Waals surface area contributed by atoms with Gasteiger partial charge < -0.3 is 14.4 Å². The zero-order chi connectivity index (χ0) is 19.0. The highest BCUT2D eigenvalue weighted by Gasteiger charge is 2.27. The number of aromatic nitrogens is 2. The van der Waals surface area contributed by atoms with Gasteiger partial charge >= 0.3 is 0 Å². The predicted octanol–water partition coefficient (Wildman–Crippen LogP) is 4.06. The van der Waals surface area contributed by atoms with Gasteiger partial charge in [-0.3, -0.25) is 4.79 Å². The number of thiazole rings is 2. The molecule has 1 aliphatic rings. The zero-order valence-corrected chi connectivity index (χ0v) is 17.2. The third-order valence-corrected chi connectivity index (χ3v) is 6.64. The molecular formula is C19H21N3O3S2. The van der Waals surface area contributed by atoms with Crippen LogP contribution in [0.15, 0.2) is 18.2 Å². The van der Waals surface area contributed by atoms with Gasteiger partial charge in [-0.15, -0.1) is 11.3 Å². The Hall–Kier alpha value is -2.19. The van der Waals surface area contributed by atoms with Crippen LogP contribution in [0.5, 0.6) is 10.9 Å². The number of ether oxygens (including phenoxy) is 2. The summed E-state index contributed by atoms with van der Waals surface area (Å²) in [6.07, 6.45) is 1.70. The van der Waals surface area contributed by atoms with E-state index in [1.54, 1.807) is 7.11 Å². The maximum absolute atomic E-state index is 12.7. The van der Waals surface area contributed by atoms with Gasteiger partial charge in [0.25, 0.3) is 11.1 Å². The van der Waals surface area contributed by atoms with E-state index in [0.717, 1.165) is 44.4 Å². The first-order valence-corrected chi connectivity index (χ1v) is 10.5. The molecule has 3 heterocycles. The number of benzene rings is 1. The van der Waals surface area contributed by atoms with Crippen LogP contribution >= 0.6 is 22.7 Å². The number of carbonyl (C=O) groups excluding carboxylic acids is 1. The SMILES string of the molecule is COc1ccc2nc(OC3CCN(C(=O)c4sc(C)nc4C)CC3)sc2c1. The van der Waals surface area contributed by atoms with E-state index < -0.39 is 0 Å². The zero-order valence-electron chi connectivity index (χ0n) is 15.5. The highest BCUT2D eigenvalue weighted by atomic mass is 32.1. The fourth-order valence-electron chi connectivity index (χ4n) is 3.25. The predicted molar refractivity (Wildman–Crippen MR) is 107 cm³/mol. The van der Waals surface area contributed by atoms with Crippen LogP contribution in [0.3, 0.4) is 0 Å². The minimum Gasteiger partial charge on any atom is -0.497 e. The summed E-state index contributed by atoms with van der Waals surface area (Å²) in [5.41, 5.74) is 1.74. The topological polar surface area (TPSA) is 64.6 Å². The smallest absolute Gasteiger partial charge is 0.274 e. The molecule has 0 spiro atoms. The quantitative estimate of drug-likeness (QED) is 0.657. The highest BCUT2D eigenvalue weighted by molar-refractivity contribution is 7.20. The number of carbonyl (C=O) groups is 1. The molecule has 1 aromatic carbocycles. The Balaban J connectivity index is 1.38. The van der Waals surface area contributed by atoms with E-state index in [9.17, 15) is 4.79 Å². The standard InChI is InChI=1S/C19H21N3O3S2/c1-11-17(26-12(2)20-11)18(23)22-8-6-13(7-9-22)25-19-21-15-5-4-14(24-3)10-16(15)27-19/h4-5,10,13H,6-9H2,1-3H3. The second kappa shape index (κ2) is 7.44. The molecule has 142 valence electrons. The van der Waals surface area contributed by atoms with Crippen molar-refractivity contribution in [3.05, 3.63) is 33.8 Å². The van der Waals surface area contributed by atoms with Crippen LogP contribution in [0.2, 0.25) is 0 Å². The number of aryl methyl sites for hydroxylation is 2. The second-order valence-corrected chi connectivity index (χ2v) is 8.77. The third-order valence-electron chi connectivity index (χ3n) is 4.67. The van der Waals surface area contributed by atoms with Crippen molar-refractivity contribution in [2.45, 2.75) is 32.8 Å². The van der Waals surface area contributed by atoms with Crippen molar-refractivity contribution in [1.29, 1.82) is 0 Å². The molecule has 6 nitrogen and oxygen atoms in total. The molecule has 1 saturated heterocycles. The maximum atomic E-state index is 12.7. The number of hydrogen-bond acceptors (Lipinski definition) is 7. The summed E-state index contributed by atoms with van der Waals surface area (Å²) in [6, 6.07) is 5.82. The van der Waals surface area contributed by atoms with E-state index in [2.05, 4.69) is 9.97 Å². The molecule has 0 bridgehead atoms. The van der Waals surface area contributed by atoms with Crippen LogP contribution in [0.4, 0.5) is 0 Å². The number of nitrogens with zero attached hydrogens (tertiary/aromatic N) is 3. The largest absolute Gasteiger partial charge is 0.497 e.